The highest BCUT2D eigenvalue weighted by atomic mass is 16.5. The third-order valence-corrected chi connectivity index (χ3v) is 2.30. The lowest BCUT2D eigenvalue weighted by Crippen LogP contribution is -2.38. The van der Waals surface area contributed by atoms with E-state index in [0.717, 1.165) is 6.54 Å². The maximum atomic E-state index is 11.9. The number of nitrogens with zero attached hydrogens (tertiary/aromatic N) is 1. The molecule has 0 rings (SSSR count). The van der Waals surface area contributed by atoms with Crippen LogP contribution in [0.2, 0.25) is 0 Å². The molecule has 0 spiro atoms. The standard InChI is InChI=1S/C12H24N2O2/c1-5-7-14(8-9-16-4)12(15)10-11(3)13-6-2/h5,11,13H,1,6-10H2,2-4H3. The number of hydrogen-bond donors (Lipinski definition) is 1. The number of nitrogens with one attached hydrogen (secondary N) is 1. The number of methoxy groups -OCH3 is 1. The lowest BCUT2D eigenvalue weighted by molar-refractivity contribution is -0.131. The van der Waals surface area contributed by atoms with Gasteiger partial charge >= 0.3 is 0 Å². The molecule has 0 bridgehead atoms. The van der Waals surface area contributed by atoms with Crippen LogP contribution in [-0.2, 0) is 9.53 Å². The summed E-state index contributed by atoms with van der Waals surface area (Å²) in [7, 11) is 1.64. The number of amides is 1. The van der Waals surface area contributed by atoms with Crippen molar-refractivity contribution in [3.8, 4) is 0 Å². The van der Waals surface area contributed by atoms with Crippen molar-refractivity contribution >= 4 is 5.91 Å². The predicted octanol–water partition coefficient (Wildman–Crippen LogP) is 1.04. The van der Waals surface area contributed by atoms with Gasteiger partial charge in [-0.2, -0.15) is 0 Å². The highest BCUT2D eigenvalue weighted by Crippen LogP contribution is 1.99. The quantitative estimate of drug-likeness (QED) is 0.599. The van der Waals surface area contributed by atoms with Gasteiger partial charge < -0.3 is 15.0 Å². The molecule has 4 heteroatoms. The summed E-state index contributed by atoms with van der Waals surface area (Å²) in [4.78, 5) is 13.7. The molecule has 4 nitrogen and oxygen atoms in total. The van der Waals surface area contributed by atoms with Gasteiger partial charge in [0.15, 0.2) is 0 Å². The zero-order valence-corrected chi connectivity index (χ0v) is 10.7. The van der Waals surface area contributed by atoms with Gasteiger partial charge in [-0.3, -0.25) is 4.79 Å². The van der Waals surface area contributed by atoms with E-state index in [-0.39, 0.29) is 11.9 Å². The maximum Gasteiger partial charge on any atom is 0.224 e. The first kappa shape index (κ1) is 15.1. The average Bonchev–Trinajstić information content (AvgIpc) is 2.24. The van der Waals surface area contributed by atoms with Gasteiger partial charge in [0.2, 0.25) is 5.91 Å². The van der Waals surface area contributed by atoms with Crippen LogP contribution < -0.4 is 5.32 Å². The van der Waals surface area contributed by atoms with Gasteiger partial charge in [-0.15, -0.1) is 6.58 Å². The van der Waals surface area contributed by atoms with Crippen molar-refractivity contribution in [2.24, 2.45) is 0 Å². The van der Waals surface area contributed by atoms with E-state index in [9.17, 15) is 4.79 Å². The Labute approximate surface area is 98.6 Å². The SMILES string of the molecule is C=CCN(CCOC)C(=O)CC(C)NCC. The molecule has 1 amide bonds. The van der Waals surface area contributed by atoms with Crippen LogP contribution in [0.25, 0.3) is 0 Å². The van der Waals surface area contributed by atoms with Crippen molar-refractivity contribution < 1.29 is 9.53 Å². The molecule has 0 aromatic carbocycles. The minimum atomic E-state index is 0.144. The summed E-state index contributed by atoms with van der Waals surface area (Å²) in [5.41, 5.74) is 0. The summed E-state index contributed by atoms with van der Waals surface area (Å²) in [5.74, 6) is 0.144. The van der Waals surface area contributed by atoms with Gasteiger partial charge in [0.25, 0.3) is 0 Å². The minimum Gasteiger partial charge on any atom is -0.383 e. The molecule has 0 heterocycles. The zero-order valence-electron chi connectivity index (χ0n) is 10.7. The van der Waals surface area contributed by atoms with Crippen LogP contribution in [0.3, 0.4) is 0 Å². The van der Waals surface area contributed by atoms with E-state index in [1.54, 1.807) is 18.1 Å². The first-order chi connectivity index (χ1) is 7.65. The molecule has 0 aliphatic rings. The van der Waals surface area contributed by atoms with Gasteiger partial charge in [-0.05, 0) is 13.5 Å². The Morgan fingerprint density at radius 1 is 1.62 bits per heavy atom. The average molecular weight is 228 g/mol. The van der Waals surface area contributed by atoms with Crippen LogP contribution in [0.1, 0.15) is 20.3 Å². The van der Waals surface area contributed by atoms with Crippen LogP contribution in [0, 0.1) is 0 Å². The molecular weight excluding hydrogens is 204 g/mol. The maximum absolute atomic E-state index is 11.9. The van der Waals surface area contributed by atoms with Crippen LogP contribution in [0.15, 0.2) is 12.7 Å². The first-order valence-electron chi connectivity index (χ1n) is 5.76. The predicted molar refractivity (Wildman–Crippen MR) is 66.4 cm³/mol. The number of ether oxygens (including phenoxy) is 1. The van der Waals surface area contributed by atoms with Crippen molar-refractivity contribution in [3.05, 3.63) is 12.7 Å². The second-order valence-corrected chi connectivity index (χ2v) is 3.78. The van der Waals surface area contributed by atoms with Gasteiger partial charge in [0.05, 0.1) is 6.61 Å². The first-order valence-corrected chi connectivity index (χ1v) is 5.76. The molecule has 1 unspecified atom stereocenters. The summed E-state index contributed by atoms with van der Waals surface area (Å²) in [6, 6.07) is 0.215. The Kier molecular flexibility index (Phi) is 8.85. The number of carbonyl (C=O) groups excluding carboxylic acids is 1. The van der Waals surface area contributed by atoms with Crippen molar-refractivity contribution in [1.82, 2.24) is 10.2 Å². The molecule has 0 aliphatic heterocycles. The normalized spacial score (nSPS) is 12.2. The largest absolute Gasteiger partial charge is 0.383 e. The molecule has 0 aliphatic carbocycles. The molecule has 16 heavy (non-hydrogen) atoms. The Morgan fingerprint density at radius 3 is 2.81 bits per heavy atom. The third kappa shape index (κ3) is 6.58. The monoisotopic (exact) mass is 228 g/mol. The van der Waals surface area contributed by atoms with Crippen molar-refractivity contribution in [1.29, 1.82) is 0 Å². The van der Waals surface area contributed by atoms with Crippen LogP contribution in [0.4, 0.5) is 0 Å². The Balaban J connectivity index is 4.09. The van der Waals surface area contributed by atoms with E-state index in [4.69, 9.17) is 4.74 Å². The van der Waals surface area contributed by atoms with Crippen molar-refractivity contribution in [3.63, 3.8) is 0 Å². The molecule has 0 saturated heterocycles. The molecule has 94 valence electrons. The van der Waals surface area contributed by atoms with Crippen molar-refractivity contribution in [2.45, 2.75) is 26.3 Å². The summed E-state index contributed by atoms with van der Waals surface area (Å²) < 4.78 is 4.98. The van der Waals surface area contributed by atoms with Crippen LogP contribution in [-0.4, -0.2) is 50.2 Å². The summed E-state index contributed by atoms with van der Waals surface area (Å²) >= 11 is 0. The fourth-order valence-corrected chi connectivity index (χ4v) is 1.49. The van der Waals surface area contributed by atoms with Gasteiger partial charge in [0, 0.05) is 32.7 Å². The Bertz CT molecular complexity index is 207. The van der Waals surface area contributed by atoms with Crippen molar-refractivity contribution in [2.75, 3.05) is 33.4 Å². The van der Waals surface area contributed by atoms with E-state index >= 15 is 0 Å². The van der Waals surface area contributed by atoms with Gasteiger partial charge in [-0.1, -0.05) is 13.0 Å². The molecule has 1 atom stereocenters. The Hall–Kier alpha value is -0.870. The topological polar surface area (TPSA) is 41.6 Å². The fraction of sp³-hybridized carbons (Fsp3) is 0.750. The van der Waals surface area contributed by atoms with E-state index in [1.165, 1.54) is 0 Å². The Morgan fingerprint density at radius 2 is 2.31 bits per heavy atom. The number of carbonyl (C=O) groups is 1. The lowest BCUT2D eigenvalue weighted by Gasteiger charge is -2.22. The van der Waals surface area contributed by atoms with E-state index in [2.05, 4.69) is 11.9 Å². The highest BCUT2D eigenvalue weighted by Gasteiger charge is 2.14. The number of rotatable bonds is 9. The molecule has 1 N–H and O–H groups in total. The summed E-state index contributed by atoms with van der Waals surface area (Å²) in [6.45, 7) is 10.4. The second-order valence-electron chi connectivity index (χ2n) is 3.78. The van der Waals surface area contributed by atoms with Crippen LogP contribution >= 0.6 is 0 Å². The summed E-state index contributed by atoms with van der Waals surface area (Å²) in [5, 5.41) is 3.22. The second kappa shape index (κ2) is 9.36. The minimum absolute atomic E-state index is 0.144. The molecule has 0 aromatic rings. The smallest absolute Gasteiger partial charge is 0.224 e. The van der Waals surface area contributed by atoms with E-state index in [1.807, 2.05) is 13.8 Å². The zero-order chi connectivity index (χ0) is 12.4. The van der Waals surface area contributed by atoms with Gasteiger partial charge in [0.1, 0.15) is 0 Å². The summed E-state index contributed by atoms with van der Waals surface area (Å²) in [6.07, 6.45) is 2.26. The van der Waals surface area contributed by atoms with Crippen LogP contribution in [0.5, 0.6) is 0 Å². The molecule has 0 aromatic heterocycles. The number of hydrogen-bond acceptors (Lipinski definition) is 3. The molecule has 0 saturated carbocycles. The molecule has 0 radical (unpaired) electrons. The third-order valence-electron chi connectivity index (χ3n) is 2.30. The lowest BCUT2D eigenvalue weighted by atomic mass is 10.2. The fourth-order valence-electron chi connectivity index (χ4n) is 1.49. The molecular formula is C12H24N2O2. The highest BCUT2D eigenvalue weighted by molar-refractivity contribution is 5.76. The van der Waals surface area contributed by atoms with E-state index in [0.29, 0.717) is 26.1 Å². The van der Waals surface area contributed by atoms with E-state index < -0.39 is 0 Å². The van der Waals surface area contributed by atoms with Gasteiger partial charge in [-0.25, -0.2) is 0 Å². The molecule has 0 fully saturated rings.